The maximum atomic E-state index is 12.4. The number of hydrogen-bond acceptors (Lipinski definition) is 3. The van der Waals surface area contributed by atoms with Gasteiger partial charge in [0, 0.05) is 6.04 Å². The number of anilines is 1. The minimum Gasteiger partial charge on any atom is -0.398 e. The molecule has 1 atom stereocenters. The van der Waals surface area contributed by atoms with E-state index in [1.165, 1.54) is 18.2 Å². The van der Waals surface area contributed by atoms with Crippen molar-refractivity contribution in [1.82, 2.24) is 4.72 Å². The van der Waals surface area contributed by atoms with Gasteiger partial charge in [-0.05, 0) is 30.2 Å². The summed E-state index contributed by atoms with van der Waals surface area (Å²) in [6.07, 6.45) is 0.645. The lowest BCUT2D eigenvalue weighted by Crippen LogP contribution is -2.28. The first-order chi connectivity index (χ1) is 9.94. The lowest BCUT2D eigenvalue weighted by atomic mass is 10.1. The summed E-state index contributed by atoms with van der Waals surface area (Å²) < 4.78 is 27.6. The van der Waals surface area contributed by atoms with Crippen molar-refractivity contribution in [1.29, 1.82) is 0 Å². The standard InChI is InChI=1S/C15H17ClN2O2S/c1-2-15(11-6-4-3-5-7-11)18-21(19,20)12-8-9-14(17)13(16)10-12/h3-10,15,18H,2,17H2,1H3. The van der Waals surface area contributed by atoms with Crippen LogP contribution in [0.15, 0.2) is 53.4 Å². The first kappa shape index (κ1) is 15.8. The number of sulfonamides is 1. The molecule has 2 rings (SSSR count). The van der Waals surface area contributed by atoms with Gasteiger partial charge in [-0.25, -0.2) is 13.1 Å². The average molecular weight is 325 g/mol. The largest absolute Gasteiger partial charge is 0.398 e. The Morgan fingerprint density at radius 1 is 1.19 bits per heavy atom. The monoisotopic (exact) mass is 324 g/mol. The Balaban J connectivity index is 2.29. The van der Waals surface area contributed by atoms with Gasteiger partial charge in [0.15, 0.2) is 0 Å². The van der Waals surface area contributed by atoms with E-state index in [1.54, 1.807) is 0 Å². The Kier molecular flexibility index (Phi) is 4.88. The van der Waals surface area contributed by atoms with Gasteiger partial charge >= 0.3 is 0 Å². The molecule has 0 saturated carbocycles. The van der Waals surface area contributed by atoms with Crippen LogP contribution in [0.4, 0.5) is 5.69 Å². The molecule has 0 aliphatic heterocycles. The number of nitrogens with one attached hydrogen (secondary N) is 1. The molecule has 0 amide bonds. The summed E-state index contributed by atoms with van der Waals surface area (Å²) >= 11 is 5.89. The number of nitrogens with two attached hydrogens (primary N) is 1. The van der Waals surface area contributed by atoms with E-state index in [4.69, 9.17) is 17.3 Å². The molecular formula is C15H17ClN2O2S. The van der Waals surface area contributed by atoms with Crippen LogP contribution in [0.5, 0.6) is 0 Å². The zero-order valence-electron chi connectivity index (χ0n) is 11.6. The van der Waals surface area contributed by atoms with Gasteiger partial charge in [0.2, 0.25) is 10.0 Å². The summed E-state index contributed by atoms with van der Waals surface area (Å²) in [5.41, 5.74) is 6.88. The lowest BCUT2D eigenvalue weighted by Gasteiger charge is -2.17. The Hall–Kier alpha value is -1.56. The number of nitrogen functional groups attached to an aromatic ring is 1. The molecule has 6 heteroatoms. The van der Waals surface area contributed by atoms with Gasteiger partial charge < -0.3 is 5.73 Å². The van der Waals surface area contributed by atoms with Gasteiger partial charge in [-0.1, -0.05) is 48.9 Å². The first-order valence-electron chi connectivity index (χ1n) is 6.56. The van der Waals surface area contributed by atoms with Crippen LogP contribution in [0.1, 0.15) is 24.9 Å². The van der Waals surface area contributed by atoms with Gasteiger partial charge in [0.1, 0.15) is 0 Å². The lowest BCUT2D eigenvalue weighted by molar-refractivity contribution is 0.550. The van der Waals surface area contributed by atoms with Crippen molar-refractivity contribution in [3.63, 3.8) is 0 Å². The fraction of sp³-hybridized carbons (Fsp3) is 0.200. The van der Waals surface area contributed by atoms with Crippen LogP contribution < -0.4 is 10.5 Å². The van der Waals surface area contributed by atoms with Crippen molar-refractivity contribution < 1.29 is 8.42 Å². The number of hydrogen-bond donors (Lipinski definition) is 2. The van der Waals surface area contributed by atoms with E-state index in [0.29, 0.717) is 12.1 Å². The van der Waals surface area contributed by atoms with Crippen molar-refractivity contribution in [2.24, 2.45) is 0 Å². The van der Waals surface area contributed by atoms with Crippen molar-refractivity contribution in [2.75, 3.05) is 5.73 Å². The molecule has 2 aromatic rings. The molecule has 1 unspecified atom stereocenters. The maximum Gasteiger partial charge on any atom is 0.241 e. The van der Waals surface area contributed by atoms with Crippen molar-refractivity contribution in [3.05, 3.63) is 59.1 Å². The molecule has 21 heavy (non-hydrogen) atoms. The van der Waals surface area contributed by atoms with E-state index >= 15 is 0 Å². The number of rotatable bonds is 5. The molecule has 0 aliphatic rings. The van der Waals surface area contributed by atoms with Crippen molar-refractivity contribution in [3.8, 4) is 0 Å². The van der Waals surface area contributed by atoms with Crippen molar-refractivity contribution >= 4 is 27.3 Å². The van der Waals surface area contributed by atoms with Gasteiger partial charge in [-0.15, -0.1) is 0 Å². The van der Waals surface area contributed by atoms with Gasteiger partial charge in [-0.3, -0.25) is 0 Å². The van der Waals surface area contributed by atoms with E-state index in [0.717, 1.165) is 5.56 Å². The topological polar surface area (TPSA) is 72.2 Å². The molecule has 0 saturated heterocycles. The van der Waals surface area contributed by atoms with Crippen LogP contribution in [0, 0.1) is 0 Å². The predicted octanol–water partition coefficient (Wildman–Crippen LogP) is 3.35. The third-order valence-corrected chi connectivity index (χ3v) is 4.99. The zero-order valence-corrected chi connectivity index (χ0v) is 13.2. The predicted molar refractivity (Wildman–Crippen MR) is 85.7 cm³/mol. The summed E-state index contributed by atoms with van der Waals surface area (Å²) in [4.78, 5) is 0.107. The molecule has 0 fully saturated rings. The highest BCUT2D eigenvalue weighted by Gasteiger charge is 2.20. The molecule has 0 radical (unpaired) electrons. The van der Waals surface area contributed by atoms with E-state index in [1.807, 2.05) is 37.3 Å². The Labute approximate surface area is 130 Å². The smallest absolute Gasteiger partial charge is 0.241 e. The highest BCUT2D eigenvalue weighted by atomic mass is 35.5. The van der Waals surface area contributed by atoms with Gasteiger partial charge in [-0.2, -0.15) is 0 Å². The Morgan fingerprint density at radius 2 is 1.86 bits per heavy atom. The Morgan fingerprint density at radius 3 is 2.43 bits per heavy atom. The van der Waals surface area contributed by atoms with Crippen LogP contribution >= 0.6 is 11.6 Å². The second kappa shape index (κ2) is 6.47. The summed E-state index contributed by atoms with van der Waals surface area (Å²) in [5, 5.41) is 0.227. The molecule has 112 valence electrons. The normalized spacial score (nSPS) is 13.0. The molecule has 0 bridgehead atoms. The van der Waals surface area contributed by atoms with Crippen LogP contribution in [0.3, 0.4) is 0 Å². The Bertz CT molecular complexity index is 718. The summed E-state index contributed by atoms with van der Waals surface area (Å²) in [7, 11) is -3.65. The summed E-state index contributed by atoms with van der Waals surface area (Å²) in [5.74, 6) is 0. The summed E-state index contributed by atoms with van der Waals surface area (Å²) in [6.45, 7) is 1.93. The second-order valence-electron chi connectivity index (χ2n) is 4.68. The van der Waals surface area contributed by atoms with Crippen LogP contribution in [-0.4, -0.2) is 8.42 Å². The molecule has 2 aromatic carbocycles. The summed E-state index contributed by atoms with van der Waals surface area (Å²) in [6, 6.07) is 13.5. The van der Waals surface area contributed by atoms with E-state index in [-0.39, 0.29) is 16.0 Å². The van der Waals surface area contributed by atoms with E-state index in [2.05, 4.69) is 4.72 Å². The number of benzene rings is 2. The van der Waals surface area contributed by atoms with Crippen molar-refractivity contribution in [2.45, 2.75) is 24.3 Å². The molecule has 4 nitrogen and oxygen atoms in total. The minimum atomic E-state index is -3.65. The first-order valence-corrected chi connectivity index (χ1v) is 8.42. The highest BCUT2D eigenvalue weighted by Crippen LogP contribution is 2.24. The quantitative estimate of drug-likeness (QED) is 0.828. The zero-order chi connectivity index (χ0) is 15.5. The minimum absolute atomic E-state index is 0.107. The fourth-order valence-corrected chi connectivity index (χ4v) is 3.58. The molecule has 0 spiro atoms. The second-order valence-corrected chi connectivity index (χ2v) is 6.80. The third kappa shape index (κ3) is 3.75. The van der Waals surface area contributed by atoms with Gasteiger partial charge in [0.05, 0.1) is 15.6 Å². The van der Waals surface area contributed by atoms with Crippen LogP contribution in [0.25, 0.3) is 0 Å². The maximum absolute atomic E-state index is 12.4. The van der Waals surface area contributed by atoms with Gasteiger partial charge in [0.25, 0.3) is 0 Å². The van der Waals surface area contributed by atoms with Crippen LogP contribution in [-0.2, 0) is 10.0 Å². The average Bonchev–Trinajstić information content (AvgIpc) is 2.48. The molecule has 3 N–H and O–H groups in total. The van der Waals surface area contributed by atoms with E-state index < -0.39 is 10.0 Å². The highest BCUT2D eigenvalue weighted by molar-refractivity contribution is 7.89. The molecule has 0 heterocycles. The molecule has 0 aliphatic carbocycles. The van der Waals surface area contributed by atoms with E-state index in [9.17, 15) is 8.42 Å². The fourth-order valence-electron chi connectivity index (χ4n) is 2.00. The third-order valence-electron chi connectivity index (χ3n) is 3.19. The molecular weight excluding hydrogens is 308 g/mol. The van der Waals surface area contributed by atoms with Crippen LogP contribution in [0.2, 0.25) is 5.02 Å². The molecule has 0 aromatic heterocycles. The number of halogens is 1. The SMILES string of the molecule is CCC(NS(=O)(=O)c1ccc(N)c(Cl)c1)c1ccccc1.